The summed E-state index contributed by atoms with van der Waals surface area (Å²) in [5.41, 5.74) is -0.565. The number of rotatable bonds is 5. The largest absolute Gasteiger partial charge is 0.359 e. The van der Waals surface area contributed by atoms with E-state index in [1.807, 2.05) is 13.8 Å². The lowest BCUT2D eigenvalue weighted by Crippen LogP contribution is -2.45. The Kier molecular flexibility index (Phi) is 5.59. The van der Waals surface area contributed by atoms with Crippen LogP contribution in [-0.2, 0) is 9.59 Å². The van der Waals surface area contributed by atoms with Crippen LogP contribution in [0.4, 0.5) is 0 Å². The van der Waals surface area contributed by atoms with Crippen LogP contribution < -0.4 is 16.0 Å². The van der Waals surface area contributed by atoms with Crippen molar-refractivity contribution in [1.82, 2.24) is 16.0 Å². The minimum absolute atomic E-state index is 0.0198. The minimum atomic E-state index is -0.565. The monoisotopic (exact) mass is 255 g/mol. The predicted octanol–water partition coefficient (Wildman–Crippen LogP) is 0.407. The van der Waals surface area contributed by atoms with Gasteiger partial charge < -0.3 is 16.0 Å². The third kappa shape index (κ3) is 4.64. The van der Waals surface area contributed by atoms with Gasteiger partial charge in [0.25, 0.3) is 0 Å². The molecule has 104 valence electrons. The summed E-state index contributed by atoms with van der Waals surface area (Å²) in [6, 6.07) is 0.293. The molecular weight excluding hydrogens is 230 g/mol. The molecule has 0 aromatic rings. The van der Waals surface area contributed by atoms with Gasteiger partial charge in [-0.2, -0.15) is 0 Å². The second-order valence-corrected chi connectivity index (χ2v) is 5.59. The van der Waals surface area contributed by atoms with Crippen molar-refractivity contribution in [2.45, 2.75) is 45.6 Å². The second-order valence-electron chi connectivity index (χ2n) is 5.59. The van der Waals surface area contributed by atoms with Gasteiger partial charge in [-0.3, -0.25) is 9.59 Å². The van der Waals surface area contributed by atoms with Gasteiger partial charge in [0.15, 0.2) is 0 Å². The molecule has 5 nitrogen and oxygen atoms in total. The first-order chi connectivity index (χ1) is 8.45. The first-order valence-corrected chi connectivity index (χ1v) is 6.68. The molecule has 0 aromatic carbocycles. The molecule has 18 heavy (non-hydrogen) atoms. The van der Waals surface area contributed by atoms with Crippen LogP contribution in [0.1, 0.15) is 39.5 Å². The number of carbonyl (C=O) groups excluding carboxylic acids is 2. The third-order valence-electron chi connectivity index (χ3n) is 3.41. The Morgan fingerprint density at radius 1 is 1.33 bits per heavy atom. The van der Waals surface area contributed by atoms with Gasteiger partial charge in [0, 0.05) is 26.1 Å². The highest BCUT2D eigenvalue weighted by Gasteiger charge is 2.27. The molecule has 5 heteroatoms. The Morgan fingerprint density at radius 2 is 2.06 bits per heavy atom. The van der Waals surface area contributed by atoms with Crippen LogP contribution in [0.25, 0.3) is 0 Å². The fourth-order valence-electron chi connectivity index (χ4n) is 2.13. The van der Waals surface area contributed by atoms with Crippen molar-refractivity contribution in [2.24, 2.45) is 5.41 Å². The quantitative estimate of drug-likeness (QED) is 0.666. The minimum Gasteiger partial charge on any atom is -0.359 e. The molecule has 0 aliphatic carbocycles. The molecule has 0 spiro atoms. The zero-order valence-electron chi connectivity index (χ0n) is 11.6. The molecule has 1 heterocycles. The number of nitrogens with one attached hydrogen (secondary N) is 3. The summed E-state index contributed by atoms with van der Waals surface area (Å²) in [5.74, 6) is -0.0371. The Balaban J connectivity index is 2.29. The lowest BCUT2D eigenvalue weighted by atomic mass is 9.92. The van der Waals surface area contributed by atoms with Crippen LogP contribution in [0, 0.1) is 5.41 Å². The van der Waals surface area contributed by atoms with Gasteiger partial charge in [0.2, 0.25) is 11.8 Å². The molecule has 1 fully saturated rings. The summed E-state index contributed by atoms with van der Waals surface area (Å²) in [5, 5.41) is 8.79. The molecule has 1 atom stereocenters. The molecule has 0 aromatic heterocycles. The van der Waals surface area contributed by atoms with Crippen LogP contribution in [0.2, 0.25) is 0 Å². The van der Waals surface area contributed by atoms with Crippen LogP contribution in [0.15, 0.2) is 0 Å². The SMILES string of the molecule is CNC(=O)C(C)(C)CNC(=O)CC1CCCCN1. The molecule has 0 radical (unpaired) electrons. The van der Waals surface area contributed by atoms with E-state index < -0.39 is 5.41 Å². The first-order valence-electron chi connectivity index (χ1n) is 6.68. The smallest absolute Gasteiger partial charge is 0.227 e. The van der Waals surface area contributed by atoms with E-state index in [4.69, 9.17) is 0 Å². The molecule has 3 N–H and O–H groups in total. The number of hydrogen-bond donors (Lipinski definition) is 3. The van der Waals surface area contributed by atoms with Crippen LogP contribution in [-0.4, -0.2) is 38.0 Å². The average molecular weight is 255 g/mol. The Labute approximate surface area is 109 Å². The van der Waals surface area contributed by atoms with Crippen molar-refractivity contribution in [1.29, 1.82) is 0 Å². The van der Waals surface area contributed by atoms with Crippen LogP contribution >= 0.6 is 0 Å². The Bertz CT molecular complexity index is 297. The molecule has 1 saturated heterocycles. The van der Waals surface area contributed by atoms with Crippen molar-refractivity contribution < 1.29 is 9.59 Å². The number of amides is 2. The maximum Gasteiger partial charge on any atom is 0.227 e. The van der Waals surface area contributed by atoms with E-state index in [0.717, 1.165) is 13.0 Å². The van der Waals surface area contributed by atoms with E-state index in [9.17, 15) is 9.59 Å². The van der Waals surface area contributed by atoms with E-state index in [1.54, 1.807) is 7.05 Å². The predicted molar refractivity (Wildman–Crippen MR) is 71.1 cm³/mol. The average Bonchev–Trinajstić information content (AvgIpc) is 2.36. The zero-order valence-corrected chi connectivity index (χ0v) is 11.6. The topological polar surface area (TPSA) is 70.2 Å². The van der Waals surface area contributed by atoms with Gasteiger partial charge >= 0.3 is 0 Å². The standard InChI is InChI=1S/C13H25N3O2/c1-13(2,12(18)14-3)9-16-11(17)8-10-6-4-5-7-15-10/h10,15H,4-9H2,1-3H3,(H,14,18)(H,16,17). The van der Waals surface area contributed by atoms with E-state index in [2.05, 4.69) is 16.0 Å². The second kappa shape index (κ2) is 6.73. The van der Waals surface area contributed by atoms with Crippen LogP contribution in [0.5, 0.6) is 0 Å². The maximum atomic E-state index is 11.8. The van der Waals surface area contributed by atoms with E-state index in [-0.39, 0.29) is 11.8 Å². The summed E-state index contributed by atoms with van der Waals surface area (Å²) < 4.78 is 0. The molecule has 1 unspecified atom stereocenters. The highest BCUT2D eigenvalue weighted by molar-refractivity contribution is 5.83. The van der Waals surface area contributed by atoms with Gasteiger partial charge in [0.05, 0.1) is 5.41 Å². The molecule has 0 bridgehead atoms. The van der Waals surface area contributed by atoms with Gasteiger partial charge in [-0.05, 0) is 33.2 Å². The summed E-state index contributed by atoms with van der Waals surface area (Å²) in [7, 11) is 1.61. The number of hydrogen-bond acceptors (Lipinski definition) is 3. The van der Waals surface area contributed by atoms with Gasteiger partial charge in [-0.1, -0.05) is 6.42 Å². The van der Waals surface area contributed by atoms with Crippen LogP contribution in [0.3, 0.4) is 0 Å². The summed E-state index contributed by atoms with van der Waals surface area (Å²) in [6.45, 7) is 5.02. The van der Waals surface area contributed by atoms with E-state index in [0.29, 0.717) is 19.0 Å². The Hall–Kier alpha value is -1.10. The van der Waals surface area contributed by atoms with Crippen molar-refractivity contribution in [2.75, 3.05) is 20.1 Å². The fourth-order valence-corrected chi connectivity index (χ4v) is 2.13. The highest BCUT2D eigenvalue weighted by atomic mass is 16.2. The maximum absolute atomic E-state index is 11.8. The number of carbonyl (C=O) groups is 2. The molecule has 0 saturated carbocycles. The lowest BCUT2D eigenvalue weighted by molar-refractivity contribution is -0.129. The molecule has 1 aliphatic heterocycles. The third-order valence-corrected chi connectivity index (χ3v) is 3.41. The van der Waals surface area contributed by atoms with Gasteiger partial charge in [0.1, 0.15) is 0 Å². The van der Waals surface area contributed by atoms with Gasteiger partial charge in [-0.25, -0.2) is 0 Å². The lowest BCUT2D eigenvalue weighted by Gasteiger charge is -2.25. The fraction of sp³-hybridized carbons (Fsp3) is 0.846. The van der Waals surface area contributed by atoms with Gasteiger partial charge in [-0.15, -0.1) is 0 Å². The van der Waals surface area contributed by atoms with E-state index >= 15 is 0 Å². The zero-order chi connectivity index (χ0) is 13.6. The normalized spacial score (nSPS) is 20.3. The van der Waals surface area contributed by atoms with Crippen molar-refractivity contribution in [3.8, 4) is 0 Å². The number of piperidine rings is 1. The molecular formula is C13H25N3O2. The van der Waals surface area contributed by atoms with Crippen molar-refractivity contribution in [3.63, 3.8) is 0 Å². The summed E-state index contributed by atoms with van der Waals surface area (Å²) in [4.78, 5) is 23.3. The highest BCUT2D eigenvalue weighted by Crippen LogP contribution is 2.14. The molecule has 1 rings (SSSR count). The van der Waals surface area contributed by atoms with Crippen molar-refractivity contribution in [3.05, 3.63) is 0 Å². The molecule has 2 amide bonds. The first kappa shape index (κ1) is 15.0. The Morgan fingerprint density at radius 3 is 2.61 bits per heavy atom. The molecule has 1 aliphatic rings. The van der Waals surface area contributed by atoms with Crippen molar-refractivity contribution >= 4 is 11.8 Å². The van der Waals surface area contributed by atoms with E-state index in [1.165, 1.54) is 12.8 Å². The summed E-state index contributed by atoms with van der Waals surface area (Å²) >= 11 is 0. The summed E-state index contributed by atoms with van der Waals surface area (Å²) in [6.07, 6.45) is 3.95.